The molecule has 0 N–H and O–H groups in total. The van der Waals surface area contributed by atoms with Gasteiger partial charge in [-0.05, 0) is 91.5 Å². The first kappa shape index (κ1) is 30.8. The van der Waals surface area contributed by atoms with E-state index in [0.717, 1.165) is 24.0 Å². The predicted octanol–water partition coefficient (Wildman–Crippen LogP) is 7.39. The third-order valence-corrected chi connectivity index (χ3v) is 8.59. The van der Waals surface area contributed by atoms with E-state index in [1.54, 1.807) is 41.2 Å². The van der Waals surface area contributed by atoms with Crippen molar-refractivity contribution in [1.29, 1.82) is 0 Å². The molecule has 3 aromatic carbocycles. The van der Waals surface area contributed by atoms with Gasteiger partial charge in [0.1, 0.15) is 11.6 Å². The van der Waals surface area contributed by atoms with Gasteiger partial charge in [-0.2, -0.15) is 13.9 Å². The number of nitrogens with zero attached hydrogens (tertiary/aromatic N) is 3. The van der Waals surface area contributed by atoms with Crippen LogP contribution in [0, 0.1) is 17.7 Å². The number of ether oxygens (including phenoxy) is 2. The summed E-state index contributed by atoms with van der Waals surface area (Å²) in [6, 6.07) is 16.7. The van der Waals surface area contributed by atoms with Gasteiger partial charge in [0.05, 0.1) is 16.5 Å². The maximum atomic E-state index is 13.4. The van der Waals surface area contributed by atoms with E-state index in [1.165, 1.54) is 31.0 Å². The smallest absolute Gasteiger partial charge is 0.387 e. The van der Waals surface area contributed by atoms with Crippen LogP contribution in [-0.4, -0.2) is 59.3 Å². The Bertz CT molecular complexity index is 1630. The Kier molecular flexibility index (Phi) is 9.49. The Labute approximate surface area is 259 Å². The number of fused-ring (bicyclic) bond motifs is 1. The van der Waals surface area contributed by atoms with Crippen molar-refractivity contribution < 1.29 is 32.2 Å². The average Bonchev–Trinajstić information content (AvgIpc) is 3.78. The lowest BCUT2D eigenvalue weighted by Gasteiger charge is -2.32. The maximum absolute atomic E-state index is 13.4. The molecule has 0 unspecified atom stereocenters. The van der Waals surface area contributed by atoms with Gasteiger partial charge in [-0.1, -0.05) is 24.3 Å². The quantitative estimate of drug-likeness (QED) is 0.115. The number of alkyl halides is 2. The number of benzene rings is 3. The number of carbonyl (C=O) groups excluding carboxylic acids is 2. The van der Waals surface area contributed by atoms with Gasteiger partial charge in [-0.25, -0.2) is 4.39 Å². The van der Waals surface area contributed by atoms with Crippen molar-refractivity contribution in [2.24, 2.45) is 11.8 Å². The number of halogens is 3. The van der Waals surface area contributed by atoms with Gasteiger partial charge in [-0.3, -0.25) is 14.3 Å². The van der Waals surface area contributed by atoms with E-state index in [9.17, 15) is 22.8 Å². The molecule has 1 aliphatic carbocycles. The van der Waals surface area contributed by atoms with Crippen molar-refractivity contribution in [3.8, 4) is 16.9 Å². The number of rotatable bonds is 13. The lowest BCUT2D eigenvalue weighted by Crippen LogP contribution is -2.39. The van der Waals surface area contributed by atoms with Crippen molar-refractivity contribution in [2.45, 2.75) is 51.7 Å². The number of Topliss-reactive ketones (excluding diaryl/α,β-unsaturated/α-hetero) is 1. The molecular formula is C35H36F3N3O4. The fraction of sp³-hybridized carbons (Fsp3) is 0.400. The molecule has 236 valence electrons. The first-order valence-corrected chi connectivity index (χ1v) is 15.6. The highest BCUT2D eigenvalue weighted by molar-refractivity contribution is 6.04. The Morgan fingerprint density at radius 3 is 2.24 bits per heavy atom. The Morgan fingerprint density at radius 2 is 1.58 bits per heavy atom. The van der Waals surface area contributed by atoms with Gasteiger partial charge in [0.15, 0.2) is 5.78 Å². The van der Waals surface area contributed by atoms with E-state index in [1.807, 2.05) is 17.0 Å². The summed E-state index contributed by atoms with van der Waals surface area (Å²) in [4.78, 5) is 28.0. The van der Waals surface area contributed by atoms with Crippen molar-refractivity contribution in [3.63, 3.8) is 0 Å². The summed E-state index contributed by atoms with van der Waals surface area (Å²) in [6.45, 7) is -0.171. The topological polar surface area (TPSA) is 73.7 Å². The zero-order valence-corrected chi connectivity index (χ0v) is 25.0. The minimum atomic E-state index is -3.08. The van der Waals surface area contributed by atoms with Crippen LogP contribution in [-0.2, 0) is 11.3 Å². The van der Waals surface area contributed by atoms with Crippen LogP contribution in [0.15, 0.2) is 66.9 Å². The highest BCUT2D eigenvalue weighted by Crippen LogP contribution is 2.33. The molecule has 2 heterocycles. The molecule has 0 spiro atoms. The number of hydrogen-bond donors (Lipinski definition) is 0. The summed E-state index contributed by atoms with van der Waals surface area (Å²) in [5, 5.41) is 4.96. The molecule has 0 atom stereocenters. The lowest BCUT2D eigenvalue weighted by atomic mass is 9.96. The number of amides is 1. The number of likely N-dealkylation sites (tertiary alicyclic amines) is 1. The van der Waals surface area contributed by atoms with Crippen LogP contribution in [0.3, 0.4) is 0 Å². The van der Waals surface area contributed by atoms with Crippen molar-refractivity contribution in [1.82, 2.24) is 14.7 Å². The Hall–Kier alpha value is -4.18. The summed E-state index contributed by atoms with van der Waals surface area (Å²) >= 11 is 0. The van der Waals surface area contributed by atoms with E-state index >= 15 is 0 Å². The minimum absolute atomic E-state index is 0.0376. The fourth-order valence-corrected chi connectivity index (χ4v) is 5.86. The highest BCUT2D eigenvalue weighted by Gasteiger charge is 2.26. The predicted molar refractivity (Wildman–Crippen MR) is 164 cm³/mol. The number of piperidine rings is 1. The third-order valence-electron chi connectivity index (χ3n) is 8.59. The molecule has 1 amide bonds. The molecule has 0 radical (unpaired) electrons. The average molecular weight is 620 g/mol. The molecule has 0 bridgehead atoms. The minimum Gasteiger partial charge on any atom is -0.433 e. The van der Waals surface area contributed by atoms with Gasteiger partial charge in [0, 0.05) is 51.0 Å². The summed E-state index contributed by atoms with van der Waals surface area (Å²) < 4.78 is 52.3. The molecule has 1 saturated heterocycles. The van der Waals surface area contributed by atoms with Crippen LogP contribution < -0.4 is 4.74 Å². The van der Waals surface area contributed by atoms with Crippen LogP contribution in [0.5, 0.6) is 5.75 Å². The van der Waals surface area contributed by atoms with Gasteiger partial charge >= 0.3 is 6.61 Å². The van der Waals surface area contributed by atoms with Crippen LogP contribution in [0.1, 0.15) is 59.2 Å². The largest absolute Gasteiger partial charge is 0.433 e. The molecule has 1 saturated carbocycles. The normalized spacial score (nSPS) is 15.6. The summed E-state index contributed by atoms with van der Waals surface area (Å²) in [5.41, 5.74) is 2.99. The standard InChI is InChI=1S/C35H36F3N3O4/c36-28-11-9-26(10-12-28)25-5-7-27(8-6-25)34(43)40-17-15-23(16-18-40)20-41-21-30-31(39-41)14-13-29(33(30)45-35(37)38)32(42)2-1-19-44-22-24-3-4-24/h5-14,21,23-24,35H,1-4,15-20,22H2. The summed E-state index contributed by atoms with van der Waals surface area (Å²) in [7, 11) is 0. The SMILES string of the molecule is O=C(CCCOCC1CC1)c1ccc2nn(CC3CCN(C(=O)c4ccc(-c5ccc(F)cc5)cc4)CC3)cc2c1OC(F)F. The lowest BCUT2D eigenvalue weighted by molar-refractivity contribution is -0.0491. The molecule has 45 heavy (non-hydrogen) atoms. The van der Waals surface area contributed by atoms with Crippen molar-refractivity contribution in [2.75, 3.05) is 26.3 Å². The molecule has 6 rings (SSSR count). The molecular weight excluding hydrogens is 583 g/mol. The molecule has 1 aromatic heterocycles. The number of aromatic nitrogens is 2. The summed E-state index contributed by atoms with van der Waals surface area (Å²) in [5.74, 6) is 0.142. The summed E-state index contributed by atoms with van der Waals surface area (Å²) in [6.07, 6.45) is 6.28. The van der Waals surface area contributed by atoms with Crippen LogP contribution in [0.2, 0.25) is 0 Å². The van der Waals surface area contributed by atoms with Gasteiger partial charge in [0.2, 0.25) is 0 Å². The monoisotopic (exact) mass is 619 g/mol. The van der Waals surface area contributed by atoms with Gasteiger partial charge in [-0.15, -0.1) is 0 Å². The highest BCUT2D eigenvalue weighted by atomic mass is 19.3. The molecule has 10 heteroatoms. The molecule has 2 fully saturated rings. The first-order chi connectivity index (χ1) is 21.8. The van der Waals surface area contributed by atoms with Crippen LogP contribution >= 0.6 is 0 Å². The molecule has 4 aromatic rings. The van der Waals surface area contributed by atoms with E-state index in [2.05, 4.69) is 5.10 Å². The Balaban J connectivity index is 1.05. The number of ketones is 1. The molecule has 1 aliphatic heterocycles. The van der Waals surface area contributed by atoms with Crippen LogP contribution in [0.4, 0.5) is 13.2 Å². The maximum Gasteiger partial charge on any atom is 0.387 e. The molecule has 2 aliphatic rings. The first-order valence-electron chi connectivity index (χ1n) is 15.6. The third kappa shape index (κ3) is 7.73. The number of carbonyl (C=O) groups is 2. The Morgan fingerprint density at radius 1 is 0.889 bits per heavy atom. The molecule has 7 nitrogen and oxygen atoms in total. The van der Waals surface area contributed by atoms with Crippen molar-refractivity contribution in [3.05, 3.63) is 83.8 Å². The zero-order valence-electron chi connectivity index (χ0n) is 25.0. The zero-order chi connectivity index (χ0) is 31.3. The van der Waals surface area contributed by atoms with Gasteiger partial charge in [0.25, 0.3) is 5.91 Å². The fourth-order valence-electron chi connectivity index (χ4n) is 5.86. The van der Waals surface area contributed by atoms with E-state index in [0.29, 0.717) is 61.7 Å². The van der Waals surface area contributed by atoms with E-state index in [-0.39, 0.29) is 41.2 Å². The van der Waals surface area contributed by atoms with E-state index in [4.69, 9.17) is 9.47 Å². The van der Waals surface area contributed by atoms with Crippen molar-refractivity contribution >= 4 is 22.6 Å². The van der Waals surface area contributed by atoms with Gasteiger partial charge < -0.3 is 14.4 Å². The second kappa shape index (κ2) is 13.9. The second-order valence-electron chi connectivity index (χ2n) is 12.0. The second-order valence-corrected chi connectivity index (χ2v) is 12.0. The van der Waals surface area contributed by atoms with E-state index < -0.39 is 6.61 Å². The number of hydrogen-bond acceptors (Lipinski definition) is 5. The van der Waals surface area contributed by atoms with Crippen LogP contribution in [0.25, 0.3) is 22.0 Å².